The molecule has 0 rings (SSSR count). The molecule has 0 spiro atoms. The molecule has 2 heteroatoms. The summed E-state index contributed by atoms with van der Waals surface area (Å²) in [5.41, 5.74) is 0. The van der Waals surface area contributed by atoms with E-state index in [0.29, 0.717) is 0 Å². The first kappa shape index (κ1) is 9.34. The fourth-order valence-electron chi connectivity index (χ4n) is 0. The molecule has 0 aliphatic heterocycles. The maximum atomic E-state index is 2.27. The molecular formula is C3H10CuP+. The standard InChI is InChI=1S/C3H9P.Cu/c1-4(2)3;/h1-3H3;/p+1. The van der Waals surface area contributed by atoms with Gasteiger partial charge in [0.1, 0.15) is 0 Å². The van der Waals surface area contributed by atoms with E-state index >= 15 is 0 Å². The molecule has 0 nitrogen and oxygen atoms in total. The maximum absolute atomic E-state index is 2.27. The van der Waals surface area contributed by atoms with Gasteiger partial charge in [0.2, 0.25) is 0 Å². The van der Waals surface area contributed by atoms with Crippen molar-refractivity contribution in [2.45, 2.75) is 0 Å². The number of hydrogen-bond acceptors (Lipinski definition) is 0. The van der Waals surface area contributed by atoms with Crippen LogP contribution in [-0.4, -0.2) is 20.0 Å². The molecule has 0 aromatic carbocycles. The molecule has 0 bridgehead atoms. The third kappa shape index (κ3) is 47.8. The van der Waals surface area contributed by atoms with E-state index in [2.05, 4.69) is 20.0 Å². The van der Waals surface area contributed by atoms with Gasteiger partial charge >= 0.3 is 0 Å². The van der Waals surface area contributed by atoms with Gasteiger partial charge in [-0.2, -0.15) is 0 Å². The zero-order valence-electron chi connectivity index (χ0n) is 3.80. The van der Waals surface area contributed by atoms with Gasteiger partial charge in [-0.05, 0) is 7.92 Å². The van der Waals surface area contributed by atoms with E-state index in [0.717, 1.165) is 0 Å². The smallest absolute Gasteiger partial charge is 0.00840 e. The van der Waals surface area contributed by atoms with Gasteiger partial charge in [0, 0.05) is 37.1 Å². The summed E-state index contributed by atoms with van der Waals surface area (Å²) in [5, 5.41) is 0. The molecule has 0 saturated carbocycles. The van der Waals surface area contributed by atoms with Crippen molar-refractivity contribution in [3.8, 4) is 0 Å². The van der Waals surface area contributed by atoms with Gasteiger partial charge in [-0.1, -0.05) is 0 Å². The summed E-state index contributed by atoms with van der Waals surface area (Å²) < 4.78 is 0. The fourth-order valence-corrected chi connectivity index (χ4v) is 0. The van der Waals surface area contributed by atoms with Crippen LogP contribution >= 0.6 is 7.92 Å². The summed E-state index contributed by atoms with van der Waals surface area (Å²) in [7, 11) is 0.120. The van der Waals surface area contributed by atoms with Crippen LogP contribution in [0.5, 0.6) is 0 Å². The molecule has 0 aliphatic carbocycles. The van der Waals surface area contributed by atoms with Crippen molar-refractivity contribution in [3.05, 3.63) is 0 Å². The predicted octanol–water partition coefficient (Wildman–Crippen LogP) is 1.09. The van der Waals surface area contributed by atoms with Crippen LogP contribution < -0.4 is 0 Å². The van der Waals surface area contributed by atoms with Crippen LogP contribution in [0.2, 0.25) is 0 Å². The second-order valence-corrected chi connectivity index (χ2v) is 4.50. The van der Waals surface area contributed by atoms with Gasteiger partial charge in [0.15, 0.2) is 0 Å². The van der Waals surface area contributed by atoms with E-state index in [9.17, 15) is 0 Å². The normalized spacial score (nSPS) is 7.20. The third-order valence-electron chi connectivity index (χ3n) is 0. The molecule has 0 amide bonds. The summed E-state index contributed by atoms with van der Waals surface area (Å²) in [6.07, 6.45) is 0. The Morgan fingerprint density at radius 1 is 1.00 bits per heavy atom. The van der Waals surface area contributed by atoms with Gasteiger partial charge in [-0.25, -0.2) is 0 Å². The molecule has 0 aromatic heterocycles. The average Bonchev–Trinajstić information content (AvgIpc) is 0.811. The van der Waals surface area contributed by atoms with Crippen LogP contribution in [-0.2, 0) is 17.1 Å². The van der Waals surface area contributed by atoms with Crippen LogP contribution in [0.3, 0.4) is 0 Å². The van der Waals surface area contributed by atoms with Crippen molar-refractivity contribution in [1.29, 1.82) is 0 Å². The Bertz CT molecular complexity index is 11.6. The van der Waals surface area contributed by atoms with E-state index in [4.69, 9.17) is 0 Å². The first-order valence-electron chi connectivity index (χ1n) is 1.50. The molecule has 0 N–H and O–H groups in total. The maximum Gasteiger partial charge on any atom is 0.0461 e. The molecule has 0 aliphatic rings. The van der Waals surface area contributed by atoms with Crippen molar-refractivity contribution in [2.24, 2.45) is 0 Å². The summed E-state index contributed by atoms with van der Waals surface area (Å²) >= 11 is 0. The zero-order chi connectivity index (χ0) is 3.58. The van der Waals surface area contributed by atoms with E-state index < -0.39 is 0 Å². The minimum atomic E-state index is 0. The predicted molar refractivity (Wildman–Crippen MR) is 26.1 cm³/mol. The Labute approximate surface area is 45.6 Å². The van der Waals surface area contributed by atoms with Gasteiger partial charge < -0.3 is 0 Å². The molecule has 0 fully saturated rings. The summed E-state index contributed by atoms with van der Waals surface area (Å²) in [6, 6.07) is 0. The van der Waals surface area contributed by atoms with Gasteiger partial charge in [-0.15, -0.1) is 0 Å². The Kier molecular flexibility index (Phi) is 9.25. The number of hydrogen-bond donors (Lipinski definition) is 0. The summed E-state index contributed by atoms with van der Waals surface area (Å²) in [5.74, 6) is 0. The summed E-state index contributed by atoms with van der Waals surface area (Å²) in [6.45, 7) is 6.81. The van der Waals surface area contributed by atoms with Crippen molar-refractivity contribution in [1.82, 2.24) is 0 Å². The van der Waals surface area contributed by atoms with Gasteiger partial charge in [-0.3, -0.25) is 0 Å². The van der Waals surface area contributed by atoms with Crippen LogP contribution in [0.25, 0.3) is 0 Å². The second kappa shape index (κ2) is 4.95. The van der Waals surface area contributed by atoms with Crippen LogP contribution in [0.4, 0.5) is 0 Å². The second-order valence-electron chi connectivity index (χ2n) is 1.50. The van der Waals surface area contributed by atoms with E-state index in [-0.39, 0.29) is 25.0 Å². The van der Waals surface area contributed by atoms with Crippen molar-refractivity contribution in [2.75, 3.05) is 20.0 Å². The summed E-state index contributed by atoms with van der Waals surface area (Å²) in [4.78, 5) is 0. The molecule has 37 valence electrons. The third-order valence-corrected chi connectivity index (χ3v) is 0. The first-order chi connectivity index (χ1) is 1.73. The monoisotopic (exact) mass is 140 g/mol. The molecule has 0 unspecified atom stereocenters. The van der Waals surface area contributed by atoms with Crippen LogP contribution in [0, 0.1) is 0 Å². The Morgan fingerprint density at radius 2 is 1.00 bits per heavy atom. The fraction of sp³-hybridized carbons (Fsp3) is 1.00. The Balaban J connectivity index is 0. The quantitative estimate of drug-likeness (QED) is 0.349. The molecular weight excluding hydrogens is 131 g/mol. The molecule has 0 atom stereocenters. The van der Waals surface area contributed by atoms with E-state index in [1.807, 2.05) is 0 Å². The average molecular weight is 141 g/mol. The molecule has 0 saturated heterocycles. The van der Waals surface area contributed by atoms with Crippen molar-refractivity contribution < 1.29 is 17.1 Å². The van der Waals surface area contributed by atoms with E-state index in [1.165, 1.54) is 0 Å². The first-order valence-corrected chi connectivity index (χ1v) is 4.50. The molecule has 0 heterocycles. The Hall–Kier alpha value is 0.949. The molecule has 1 radical (unpaired) electrons. The number of rotatable bonds is 0. The van der Waals surface area contributed by atoms with Crippen LogP contribution in [0.15, 0.2) is 0 Å². The van der Waals surface area contributed by atoms with Crippen molar-refractivity contribution in [3.63, 3.8) is 0 Å². The van der Waals surface area contributed by atoms with Crippen LogP contribution in [0.1, 0.15) is 0 Å². The topological polar surface area (TPSA) is 0 Å². The largest absolute Gasteiger partial charge is 0.0461 e. The zero-order valence-corrected chi connectivity index (χ0v) is 5.74. The SMILES string of the molecule is C[PH+](C)C.[Cu]. The Morgan fingerprint density at radius 3 is 1.00 bits per heavy atom. The minimum absolute atomic E-state index is 0. The molecule has 0 aromatic rings. The molecule has 5 heavy (non-hydrogen) atoms. The van der Waals surface area contributed by atoms with Gasteiger partial charge in [0.25, 0.3) is 0 Å². The van der Waals surface area contributed by atoms with Gasteiger partial charge in [0.05, 0.1) is 0 Å². The van der Waals surface area contributed by atoms with E-state index in [1.54, 1.807) is 0 Å². The van der Waals surface area contributed by atoms with Crippen molar-refractivity contribution >= 4 is 7.92 Å². The minimum Gasteiger partial charge on any atom is -0.00840 e.